The minimum atomic E-state index is -0.733. The van der Waals surface area contributed by atoms with Crippen LogP contribution < -0.4 is 10.6 Å². The second-order valence-electron chi connectivity index (χ2n) is 3.56. The maximum absolute atomic E-state index is 12.9. The van der Waals surface area contributed by atoms with E-state index in [1.165, 1.54) is 0 Å². The van der Waals surface area contributed by atoms with Crippen LogP contribution in [0.3, 0.4) is 0 Å². The topological polar surface area (TPSA) is 58.2 Å². The number of imide groups is 1. The van der Waals surface area contributed by atoms with Gasteiger partial charge in [-0.15, -0.1) is 0 Å². The van der Waals surface area contributed by atoms with E-state index in [9.17, 15) is 14.0 Å². The van der Waals surface area contributed by atoms with Gasteiger partial charge in [-0.25, -0.2) is 4.39 Å². The van der Waals surface area contributed by atoms with Gasteiger partial charge >= 0.3 is 0 Å². The normalized spacial score (nSPS) is 19.4. The van der Waals surface area contributed by atoms with Crippen molar-refractivity contribution < 1.29 is 14.0 Å². The van der Waals surface area contributed by atoms with Gasteiger partial charge in [0, 0.05) is 0 Å². The van der Waals surface area contributed by atoms with Gasteiger partial charge in [-0.3, -0.25) is 14.9 Å². The van der Waals surface area contributed by atoms with Gasteiger partial charge in [-0.05, 0) is 12.1 Å². The van der Waals surface area contributed by atoms with Crippen LogP contribution in [0.4, 0.5) is 10.1 Å². The molecule has 7 heteroatoms. The zero-order valence-corrected chi connectivity index (χ0v) is 9.90. The number of hydrogen-bond donors (Lipinski definition) is 2. The third kappa shape index (κ3) is 2.50. The molecular weight excluding hydrogens is 270 g/mol. The number of carbonyl (C=O) groups is 2. The predicted molar refractivity (Wildman–Crippen MR) is 61.6 cm³/mol. The highest BCUT2D eigenvalue weighted by molar-refractivity contribution is 6.39. The van der Waals surface area contributed by atoms with Gasteiger partial charge in [0.05, 0.1) is 22.2 Å². The molecule has 4 nitrogen and oxygen atoms in total. The maximum atomic E-state index is 12.9. The second kappa shape index (κ2) is 4.50. The third-order valence-corrected chi connectivity index (χ3v) is 2.89. The molecule has 1 aliphatic rings. The molecule has 1 aromatic rings. The van der Waals surface area contributed by atoms with Crippen molar-refractivity contribution in [1.29, 1.82) is 0 Å². The zero-order chi connectivity index (χ0) is 12.6. The molecule has 2 amide bonds. The van der Waals surface area contributed by atoms with Crippen molar-refractivity contribution in [2.24, 2.45) is 0 Å². The fraction of sp³-hybridized carbons (Fsp3) is 0.200. The molecule has 0 spiro atoms. The minimum Gasteiger partial charge on any atom is -0.371 e. The van der Waals surface area contributed by atoms with Crippen LogP contribution in [-0.4, -0.2) is 17.9 Å². The molecule has 2 N–H and O–H groups in total. The number of amides is 2. The van der Waals surface area contributed by atoms with E-state index in [0.717, 1.165) is 12.1 Å². The Bertz CT molecular complexity index is 484. The van der Waals surface area contributed by atoms with E-state index < -0.39 is 17.8 Å². The Morgan fingerprint density at radius 3 is 2.35 bits per heavy atom. The lowest BCUT2D eigenvalue weighted by molar-refractivity contribution is -0.124. The van der Waals surface area contributed by atoms with E-state index in [4.69, 9.17) is 23.2 Å². The monoisotopic (exact) mass is 276 g/mol. The Hall–Kier alpha value is -1.33. The minimum absolute atomic E-state index is 0.00284. The molecule has 1 unspecified atom stereocenters. The summed E-state index contributed by atoms with van der Waals surface area (Å²) in [6.45, 7) is 0. The molecule has 0 aromatic heterocycles. The summed E-state index contributed by atoms with van der Waals surface area (Å²) >= 11 is 11.6. The molecule has 1 heterocycles. The highest BCUT2D eigenvalue weighted by atomic mass is 35.5. The third-order valence-electron chi connectivity index (χ3n) is 2.29. The first-order valence-electron chi connectivity index (χ1n) is 4.72. The number of rotatable bonds is 2. The van der Waals surface area contributed by atoms with Crippen molar-refractivity contribution in [3.05, 3.63) is 28.0 Å². The van der Waals surface area contributed by atoms with Gasteiger partial charge in [0.25, 0.3) is 0 Å². The van der Waals surface area contributed by atoms with E-state index in [2.05, 4.69) is 10.6 Å². The van der Waals surface area contributed by atoms with Crippen LogP contribution in [0.1, 0.15) is 6.42 Å². The summed E-state index contributed by atoms with van der Waals surface area (Å²) in [7, 11) is 0. The van der Waals surface area contributed by atoms with E-state index in [1.54, 1.807) is 0 Å². The van der Waals surface area contributed by atoms with Gasteiger partial charge in [-0.2, -0.15) is 0 Å². The number of benzene rings is 1. The lowest BCUT2D eigenvalue weighted by Crippen LogP contribution is -2.30. The van der Waals surface area contributed by atoms with Crippen molar-refractivity contribution >= 4 is 40.7 Å². The van der Waals surface area contributed by atoms with Crippen LogP contribution in [0.25, 0.3) is 0 Å². The highest BCUT2D eigenvalue weighted by Gasteiger charge is 2.31. The Morgan fingerprint density at radius 2 is 1.88 bits per heavy atom. The summed E-state index contributed by atoms with van der Waals surface area (Å²) in [6.07, 6.45) is 0.00284. The van der Waals surface area contributed by atoms with Crippen LogP contribution in [0.5, 0.6) is 0 Å². The lowest BCUT2D eigenvalue weighted by Gasteiger charge is -2.13. The summed E-state index contributed by atoms with van der Waals surface area (Å²) in [5, 5.41) is 4.97. The lowest BCUT2D eigenvalue weighted by atomic mass is 10.2. The molecule has 1 aromatic carbocycles. The molecule has 1 fully saturated rings. The Morgan fingerprint density at radius 1 is 1.29 bits per heavy atom. The number of carbonyl (C=O) groups excluding carboxylic acids is 2. The number of halogens is 3. The summed E-state index contributed by atoms with van der Waals surface area (Å²) in [6, 6.07) is 1.41. The van der Waals surface area contributed by atoms with Crippen molar-refractivity contribution in [2.75, 3.05) is 5.32 Å². The molecule has 0 saturated carbocycles. The number of anilines is 1. The maximum Gasteiger partial charge on any atom is 0.249 e. The van der Waals surface area contributed by atoms with Gasteiger partial charge in [-0.1, -0.05) is 23.2 Å². The number of hydrogen-bond acceptors (Lipinski definition) is 3. The summed E-state index contributed by atoms with van der Waals surface area (Å²) < 4.78 is 12.9. The van der Waals surface area contributed by atoms with Crippen molar-refractivity contribution in [1.82, 2.24) is 5.32 Å². The molecule has 1 saturated heterocycles. The first kappa shape index (κ1) is 12.1. The Labute approximate surface area is 106 Å². The Kier molecular flexibility index (Phi) is 3.22. The largest absolute Gasteiger partial charge is 0.371 e. The number of nitrogens with one attached hydrogen (secondary N) is 2. The quantitative estimate of drug-likeness (QED) is 0.812. The molecular formula is C10H7Cl2FN2O2. The van der Waals surface area contributed by atoms with Gasteiger partial charge < -0.3 is 5.32 Å². The molecule has 0 aliphatic carbocycles. The van der Waals surface area contributed by atoms with E-state index in [1.807, 2.05) is 0 Å². The fourth-order valence-corrected chi connectivity index (χ4v) is 2.09. The molecule has 0 bridgehead atoms. The smallest absolute Gasteiger partial charge is 0.249 e. The van der Waals surface area contributed by atoms with Crippen LogP contribution >= 0.6 is 23.2 Å². The predicted octanol–water partition coefficient (Wildman–Crippen LogP) is 1.96. The Balaban J connectivity index is 2.25. The van der Waals surface area contributed by atoms with Crippen molar-refractivity contribution in [3.8, 4) is 0 Å². The fourth-order valence-electron chi connectivity index (χ4n) is 1.52. The molecule has 0 radical (unpaired) electrons. The average Bonchev–Trinajstić information content (AvgIpc) is 2.51. The summed E-state index contributed by atoms with van der Waals surface area (Å²) in [5.41, 5.74) is 0.240. The van der Waals surface area contributed by atoms with Gasteiger partial charge in [0.2, 0.25) is 11.8 Å². The molecule has 2 rings (SSSR count). The average molecular weight is 277 g/mol. The molecule has 17 heavy (non-hydrogen) atoms. The van der Waals surface area contributed by atoms with Crippen LogP contribution in [0.2, 0.25) is 10.0 Å². The van der Waals surface area contributed by atoms with E-state index >= 15 is 0 Å². The first-order valence-corrected chi connectivity index (χ1v) is 5.47. The van der Waals surface area contributed by atoms with Gasteiger partial charge in [0.1, 0.15) is 11.9 Å². The standard InChI is InChI=1S/C10H7Cl2FN2O2/c11-5-1-4(13)2-6(12)9(5)14-7-3-8(16)15-10(7)17/h1-2,7,14H,3H2,(H,15,16,17). The molecule has 1 aliphatic heterocycles. The van der Waals surface area contributed by atoms with Crippen LogP contribution in [0, 0.1) is 5.82 Å². The van der Waals surface area contributed by atoms with Gasteiger partial charge in [0.15, 0.2) is 0 Å². The zero-order valence-electron chi connectivity index (χ0n) is 8.39. The SMILES string of the molecule is O=C1CC(Nc2c(Cl)cc(F)cc2Cl)C(=O)N1. The summed E-state index contributed by atoms with van der Waals surface area (Å²) in [4.78, 5) is 22.3. The van der Waals surface area contributed by atoms with Crippen LogP contribution in [-0.2, 0) is 9.59 Å². The van der Waals surface area contributed by atoms with E-state index in [-0.39, 0.29) is 28.1 Å². The highest BCUT2D eigenvalue weighted by Crippen LogP contribution is 2.32. The first-order chi connectivity index (χ1) is 7.97. The molecule has 90 valence electrons. The van der Waals surface area contributed by atoms with Crippen LogP contribution in [0.15, 0.2) is 12.1 Å². The molecule has 1 atom stereocenters. The van der Waals surface area contributed by atoms with Crippen molar-refractivity contribution in [2.45, 2.75) is 12.5 Å². The van der Waals surface area contributed by atoms with E-state index in [0.29, 0.717) is 0 Å². The second-order valence-corrected chi connectivity index (χ2v) is 4.37. The van der Waals surface area contributed by atoms with Crippen molar-refractivity contribution in [3.63, 3.8) is 0 Å². The summed E-state index contributed by atoms with van der Waals surface area (Å²) in [5.74, 6) is -1.40.